The Hall–Kier alpha value is -6.14. The Morgan fingerprint density at radius 3 is 2.09 bits per heavy atom. The molecular weight excluding hydrogens is 540 g/mol. The van der Waals surface area contributed by atoms with Gasteiger partial charge in [-0.2, -0.15) is 0 Å². The van der Waals surface area contributed by atoms with Crippen molar-refractivity contribution >= 4 is 21.8 Å². The first kappa shape index (κ1) is 24.5. The fourth-order valence-corrected chi connectivity index (χ4v) is 5.57. The van der Waals surface area contributed by atoms with Gasteiger partial charge in [-0.1, -0.05) is 84.9 Å². The van der Waals surface area contributed by atoms with Crippen molar-refractivity contribution in [1.82, 2.24) is 29.9 Å². The first-order chi connectivity index (χ1) is 22.2. The molecule has 0 N–H and O–H groups in total. The molecule has 0 spiro atoms. The largest absolute Gasteiger partial charge is 0.265 e. The number of hydrogen-bond donors (Lipinski definition) is 0. The third kappa shape index (κ3) is 4.64. The lowest BCUT2D eigenvalue weighted by atomic mass is 9.98. The highest BCUT2D eigenvalue weighted by atomic mass is 14.9. The number of benzene rings is 4. The second kappa shape index (κ2) is 10.9. The molecule has 0 saturated heterocycles. The van der Waals surface area contributed by atoms with Crippen LogP contribution >= 0.6 is 0 Å². The van der Waals surface area contributed by atoms with Gasteiger partial charge in [0.05, 0.1) is 18.3 Å². The Morgan fingerprint density at radius 2 is 1.25 bits per heavy atom. The van der Waals surface area contributed by atoms with E-state index in [9.17, 15) is 0 Å². The van der Waals surface area contributed by atoms with Gasteiger partial charge < -0.3 is 0 Å². The summed E-state index contributed by atoms with van der Waals surface area (Å²) < 4.78 is 9.02. The van der Waals surface area contributed by atoms with Gasteiger partial charge in [-0.3, -0.25) is 4.98 Å². The maximum absolute atomic E-state index is 9.02. The molecule has 0 bridgehead atoms. The molecule has 8 rings (SSSR count). The van der Waals surface area contributed by atoms with E-state index in [-0.39, 0.29) is 0 Å². The van der Waals surface area contributed by atoms with Gasteiger partial charge in [-0.05, 0) is 52.6 Å². The summed E-state index contributed by atoms with van der Waals surface area (Å²) in [6.45, 7) is 0. The zero-order valence-corrected chi connectivity index (χ0v) is 23.5. The summed E-state index contributed by atoms with van der Waals surface area (Å²) in [4.78, 5) is 28.2. The van der Waals surface area contributed by atoms with Gasteiger partial charge in [0.2, 0.25) is 0 Å². The molecule has 4 aromatic heterocycles. The van der Waals surface area contributed by atoms with E-state index < -0.39 is 0 Å². The molecule has 206 valence electrons. The first-order valence-corrected chi connectivity index (χ1v) is 14.3. The fourth-order valence-electron chi connectivity index (χ4n) is 5.57. The number of fused-ring (bicyclic) bond motifs is 3. The van der Waals surface area contributed by atoms with Gasteiger partial charge in [-0.25, -0.2) is 24.9 Å². The molecule has 0 aliphatic heterocycles. The lowest BCUT2D eigenvalue weighted by Gasteiger charge is -2.14. The molecule has 0 aliphatic carbocycles. The number of nitrogens with zero attached hydrogens (tertiary/aromatic N) is 6. The van der Waals surface area contributed by atoms with Crippen LogP contribution in [0.2, 0.25) is 0 Å². The van der Waals surface area contributed by atoms with Crippen LogP contribution in [0.4, 0.5) is 0 Å². The predicted molar refractivity (Wildman–Crippen MR) is 175 cm³/mol. The molecule has 0 atom stereocenters. The lowest BCUT2D eigenvalue weighted by molar-refractivity contribution is 1.15. The molecule has 0 aliphatic rings. The van der Waals surface area contributed by atoms with Crippen molar-refractivity contribution in [3.8, 4) is 56.2 Å². The molecular formula is C38H24N6. The highest BCUT2D eigenvalue weighted by Gasteiger charge is 2.18. The summed E-state index contributed by atoms with van der Waals surface area (Å²) in [5.74, 6) is 0.562. The molecule has 8 aromatic rings. The van der Waals surface area contributed by atoms with Crippen LogP contribution in [0, 0.1) is 0 Å². The van der Waals surface area contributed by atoms with Crippen molar-refractivity contribution in [2.75, 3.05) is 0 Å². The summed E-state index contributed by atoms with van der Waals surface area (Å²) >= 11 is 0. The van der Waals surface area contributed by atoms with Gasteiger partial charge in [-0.15, -0.1) is 0 Å². The first-order valence-electron chi connectivity index (χ1n) is 14.8. The second-order valence-electron chi connectivity index (χ2n) is 10.4. The lowest BCUT2D eigenvalue weighted by Crippen LogP contribution is -1.99. The zero-order chi connectivity index (χ0) is 30.2. The van der Waals surface area contributed by atoms with E-state index in [4.69, 9.17) is 16.3 Å². The van der Waals surface area contributed by atoms with Crippen LogP contribution < -0.4 is 0 Å². The van der Waals surface area contributed by atoms with Gasteiger partial charge in [0.1, 0.15) is 11.8 Å². The number of pyridine rings is 2. The molecule has 6 nitrogen and oxygen atoms in total. The van der Waals surface area contributed by atoms with Crippen LogP contribution in [-0.4, -0.2) is 29.9 Å². The molecule has 4 aromatic carbocycles. The van der Waals surface area contributed by atoms with Crippen LogP contribution in [0.15, 0.2) is 146 Å². The van der Waals surface area contributed by atoms with Crippen LogP contribution in [-0.2, 0) is 0 Å². The van der Waals surface area contributed by atoms with E-state index in [1.165, 1.54) is 6.33 Å². The van der Waals surface area contributed by atoms with Crippen molar-refractivity contribution in [2.45, 2.75) is 0 Å². The van der Waals surface area contributed by atoms with Crippen molar-refractivity contribution in [1.29, 1.82) is 0 Å². The monoisotopic (exact) mass is 565 g/mol. The van der Waals surface area contributed by atoms with Crippen LogP contribution in [0.3, 0.4) is 0 Å². The highest BCUT2D eigenvalue weighted by Crippen LogP contribution is 2.36. The maximum Gasteiger partial charge on any atom is 0.161 e. The van der Waals surface area contributed by atoms with Gasteiger partial charge >= 0.3 is 0 Å². The summed E-state index contributed by atoms with van der Waals surface area (Å²) in [5.41, 5.74) is 9.51. The van der Waals surface area contributed by atoms with Gasteiger partial charge in [0.15, 0.2) is 5.82 Å². The van der Waals surface area contributed by atoms with E-state index in [0.717, 1.165) is 44.3 Å². The summed E-state index contributed by atoms with van der Waals surface area (Å²) in [6, 6.07) is 36.6. The Bertz CT molecular complexity index is 2330. The number of aromatic nitrogens is 6. The van der Waals surface area contributed by atoms with E-state index in [1.54, 1.807) is 24.8 Å². The molecule has 0 radical (unpaired) electrons. The zero-order valence-electron chi connectivity index (χ0n) is 24.5. The van der Waals surface area contributed by atoms with Crippen LogP contribution in [0.25, 0.3) is 78.0 Å². The Morgan fingerprint density at radius 1 is 0.500 bits per heavy atom. The molecule has 44 heavy (non-hydrogen) atoms. The summed E-state index contributed by atoms with van der Waals surface area (Å²) in [7, 11) is 0. The predicted octanol–water partition coefficient (Wildman–Crippen LogP) is 8.70. The maximum atomic E-state index is 9.02. The minimum absolute atomic E-state index is 0.376. The topological polar surface area (TPSA) is 77.3 Å². The number of rotatable bonds is 5. The summed E-state index contributed by atoms with van der Waals surface area (Å²) in [5, 5.41) is 1.53. The Labute approximate surface area is 255 Å². The van der Waals surface area contributed by atoms with Gasteiger partial charge in [0.25, 0.3) is 0 Å². The minimum Gasteiger partial charge on any atom is -0.265 e. The third-order valence-electron chi connectivity index (χ3n) is 7.70. The van der Waals surface area contributed by atoms with Crippen LogP contribution in [0.5, 0.6) is 0 Å². The van der Waals surface area contributed by atoms with Crippen molar-refractivity contribution in [3.05, 3.63) is 146 Å². The highest BCUT2D eigenvalue weighted by molar-refractivity contribution is 6.08. The Kier molecular flexibility index (Phi) is 6.07. The second-order valence-corrected chi connectivity index (χ2v) is 10.4. The SMILES string of the molecule is [2H]c1cc(-c2cccc(-c3ccncc3)c2)nc2c1ccc1c(-c3cncnc3)nc(-c3ccccc3-c3ccccc3)nc12. The van der Waals surface area contributed by atoms with Crippen molar-refractivity contribution in [2.24, 2.45) is 0 Å². The standard InChI is InChI=1S/C38H24N6/c1-2-7-26(8-3-1)31-11-4-5-12-32(31)38-43-35(30-22-40-24-41-23-30)33-15-13-27-14-16-34(42-36(27)37(33)44-38)29-10-6-9-28(21-29)25-17-19-39-20-18-25/h1-24H/i14D. The van der Waals surface area contributed by atoms with Crippen LogP contribution in [0.1, 0.15) is 1.37 Å². The minimum atomic E-state index is 0.376. The fraction of sp³-hybridized carbons (Fsp3) is 0. The molecule has 6 heteroatoms. The quantitative estimate of drug-likeness (QED) is 0.194. The third-order valence-corrected chi connectivity index (χ3v) is 7.70. The number of hydrogen-bond acceptors (Lipinski definition) is 6. The van der Waals surface area contributed by atoms with E-state index >= 15 is 0 Å². The van der Waals surface area contributed by atoms with E-state index in [1.807, 2.05) is 78.9 Å². The molecule has 0 fully saturated rings. The van der Waals surface area contributed by atoms with Crippen molar-refractivity contribution in [3.63, 3.8) is 0 Å². The summed E-state index contributed by atoms with van der Waals surface area (Å²) in [6.07, 6.45) is 8.60. The molecule has 0 amide bonds. The van der Waals surface area contributed by atoms with Gasteiger partial charge in [0, 0.05) is 52.3 Å². The molecule has 0 unspecified atom stereocenters. The van der Waals surface area contributed by atoms with E-state index in [2.05, 4.69) is 45.3 Å². The average molecular weight is 566 g/mol. The molecule has 4 heterocycles. The molecule has 0 saturated carbocycles. The van der Waals surface area contributed by atoms with Crippen molar-refractivity contribution < 1.29 is 1.37 Å². The average Bonchev–Trinajstić information content (AvgIpc) is 3.12. The normalized spacial score (nSPS) is 11.5. The smallest absolute Gasteiger partial charge is 0.161 e. The Balaban J connectivity index is 1.40. The van der Waals surface area contributed by atoms with E-state index in [0.29, 0.717) is 39.7 Å².